The first-order valence-electron chi connectivity index (χ1n) is 5.26. The van der Waals surface area contributed by atoms with Gasteiger partial charge in [0.1, 0.15) is 0 Å². The van der Waals surface area contributed by atoms with Crippen molar-refractivity contribution in [2.45, 2.75) is 38.1 Å². The van der Waals surface area contributed by atoms with Crippen LogP contribution < -0.4 is 0 Å². The molecule has 1 unspecified atom stereocenters. The van der Waals surface area contributed by atoms with Crippen LogP contribution in [0, 0.1) is 0 Å². The van der Waals surface area contributed by atoms with E-state index < -0.39 is 0 Å². The van der Waals surface area contributed by atoms with Crippen molar-refractivity contribution in [1.29, 1.82) is 0 Å². The second-order valence-corrected chi connectivity index (χ2v) is 4.07. The number of likely N-dealkylation sites (tertiary alicyclic amines) is 1. The van der Waals surface area contributed by atoms with Crippen LogP contribution in [-0.4, -0.2) is 41.0 Å². The molecule has 82 valence electrons. The standard InChI is InChI=1S/C10H18ClNO2/c11-6-5-10(14)12-7-1-3-9(12)4-2-8-13/h9,13H,1-8H2. The summed E-state index contributed by atoms with van der Waals surface area (Å²) >= 11 is 5.54. The Bertz CT molecular complexity index is 187. The summed E-state index contributed by atoms with van der Waals surface area (Å²) in [6, 6.07) is 0.345. The Morgan fingerprint density at radius 2 is 2.36 bits per heavy atom. The fourth-order valence-electron chi connectivity index (χ4n) is 2.02. The molecule has 0 aromatic carbocycles. The Kier molecular flexibility index (Phi) is 5.26. The van der Waals surface area contributed by atoms with Crippen LogP contribution in [0.25, 0.3) is 0 Å². The average molecular weight is 220 g/mol. The molecule has 0 aromatic heterocycles. The fraction of sp³-hybridized carbons (Fsp3) is 0.900. The number of halogens is 1. The Balaban J connectivity index is 2.38. The Morgan fingerprint density at radius 3 is 3.00 bits per heavy atom. The van der Waals surface area contributed by atoms with Gasteiger partial charge in [0.2, 0.25) is 5.91 Å². The number of amides is 1. The van der Waals surface area contributed by atoms with Crippen molar-refractivity contribution in [3.05, 3.63) is 0 Å². The number of carbonyl (C=O) groups is 1. The van der Waals surface area contributed by atoms with E-state index in [1.165, 1.54) is 0 Å². The Labute approximate surface area is 90.0 Å². The number of aliphatic hydroxyl groups excluding tert-OH is 1. The average Bonchev–Trinajstić information content (AvgIpc) is 2.63. The van der Waals surface area contributed by atoms with Crippen LogP contribution in [0.15, 0.2) is 0 Å². The van der Waals surface area contributed by atoms with E-state index in [0.717, 1.165) is 32.2 Å². The summed E-state index contributed by atoms with van der Waals surface area (Å²) in [6.07, 6.45) is 4.31. The van der Waals surface area contributed by atoms with Crippen molar-refractivity contribution in [2.24, 2.45) is 0 Å². The van der Waals surface area contributed by atoms with Gasteiger partial charge in [-0.1, -0.05) is 0 Å². The molecule has 0 radical (unpaired) electrons. The molecule has 0 aromatic rings. The molecule has 1 rings (SSSR count). The number of nitrogens with zero attached hydrogens (tertiary/aromatic N) is 1. The molecule has 0 aliphatic carbocycles. The van der Waals surface area contributed by atoms with Crippen molar-refractivity contribution >= 4 is 17.5 Å². The lowest BCUT2D eigenvalue weighted by atomic mass is 10.1. The largest absolute Gasteiger partial charge is 0.396 e. The predicted molar refractivity (Wildman–Crippen MR) is 56.4 cm³/mol. The molecular weight excluding hydrogens is 202 g/mol. The fourth-order valence-corrected chi connectivity index (χ4v) is 2.18. The third kappa shape index (κ3) is 3.14. The molecule has 1 N–H and O–H groups in total. The van der Waals surface area contributed by atoms with Crippen molar-refractivity contribution in [1.82, 2.24) is 4.90 Å². The molecule has 1 atom stereocenters. The number of rotatable bonds is 5. The van der Waals surface area contributed by atoms with Crippen molar-refractivity contribution in [3.63, 3.8) is 0 Å². The number of hydrogen-bond donors (Lipinski definition) is 1. The molecule has 0 bridgehead atoms. The van der Waals surface area contributed by atoms with Crippen LogP contribution >= 0.6 is 11.6 Å². The van der Waals surface area contributed by atoms with Crippen LogP contribution in [0.1, 0.15) is 32.1 Å². The van der Waals surface area contributed by atoms with E-state index in [1.807, 2.05) is 4.90 Å². The number of hydrogen-bond acceptors (Lipinski definition) is 2. The second kappa shape index (κ2) is 6.25. The smallest absolute Gasteiger partial charge is 0.224 e. The van der Waals surface area contributed by atoms with Crippen molar-refractivity contribution in [3.8, 4) is 0 Å². The minimum absolute atomic E-state index is 0.167. The van der Waals surface area contributed by atoms with E-state index in [1.54, 1.807) is 0 Å². The molecule has 1 aliphatic heterocycles. The normalized spacial score (nSPS) is 21.6. The highest BCUT2D eigenvalue weighted by Gasteiger charge is 2.27. The van der Waals surface area contributed by atoms with Gasteiger partial charge in [0, 0.05) is 31.5 Å². The van der Waals surface area contributed by atoms with Crippen molar-refractivity contribution in [2.75, 3.05) is 19.0 Å². The summed E-state index contributed by atoms with van der Waals surface area (Å²) in [7, 11) is 0. The number of aliphatic hydroxyl groups is 1. The third-order valence-electron chi connectivity index (χ3n) is 2.70. The van der Waals surface area contributed by atoms with E-state index in [4.69, 9.17) is 16.7 Å². The van der Waals surface area contributed by atoms with E-state index >= 15 is 0 Å². The summed E-state index contributed by atoms with van der Waals surface area (Å²) in [6.45, 7) is 1.08. The molecular formula is C10H18ClNO2. The first-order valence-corrected chi connectivity index (χ1v) is 5.79. The third-order valence-corrected chi connectivity index (χ3v) is 2.89. The maximum atomic E-state index is 11.6. The van der Waals surface area contributed by atoms with Gasteiger partial charge in [-0.05, 0) is 25.7 Å². The van der Waals surface area contributed by atoms with Gasteiger partial charge in [0.05, 0.1) is 0 Å². The molecule has 1 fully saturated rings. The molecule has 14 heavy (non-hydrogen) atoms. The molecule has 0 spiro atoms. The highest BCUT2D eigenvalue weighted by molar-refractivity contribution is 6.18. The van der Waals surface area contributed by atoms with Crippen LogP contribution in [-0.2, 0) is 4.79 Å². The lowest BCUT2D eigenvalue weighted by molar-refractivity contribution is -0.131. The van der Waals surface area contributed by atoms with Crippen LogP contribution in [0.4, 0.5) is 0 Å². The lowest BCUT2D eigenvalue weighted by Gasteiger charge is -2.24. The van der Waals surface area contributed by atoms with Gasteiger partial charge >= 0.3 is 0 Å². The monoisotopic (exact) mass is 219 g/mol. The molecule has 1 heterocycles. The van der Waals surface area contributed by atoms with Gasteiger partial charge in [0.25, 0.3) is 0 Å². The molecule has 3 nitrogen and oxygen atoms in total. The highest BCUT2D eigenvalue weighted by Crippen LogP contribution is 2.21. The van der Waals surface area contributed by atoms with E-state index in [-0.39, 0.29) is 12.5 Å². The summed E-state index contributed by atoms with van der Waals surface area (Å²) in [5.41, 5.74) is 0. The number of alkyl halides is 1. The zero-order chi connectivity index (χ0) is 10.4. The first kappa shape index (κ1) is 11.8. The molecule has 1 saturated heterocycles. The van der Waals surface area contributed by atoms with Crippen LogP contribution in [0.2, 0.25) is 0 Å². The summed E-state index contributed by atoms with van der Waals surface area (Å²) in [4.78, 5) is 13.5. The highest BCUT2D eigenvalue weighted by atomic mass is 35.5. The maximum absolute atomic E-state index is 11.6. The Morgan fingerprint density at radius 1 is 1.57 bits per heavy atom. The second-order valence-electron chi connectivity index (χ2n) is 3.69. The van der Waals surface area contributed by atoms with Gasteiger partial charge in [-0.3, -0.25) is 4.79 Å². The van der Waals surface area contributed by atoms with Gasteiger partial charge in [-0.2, -0.15) is 0 Å². The van der Waals surface area contributed by atoms with E-state index in [9.17, 15) is 4.79 Å². The number of carbonyl (C=O) groups excluding carboxylic acids is 1. The van der Waals surface area contributed by atoms with Crippen molar-refractivity contribution < 1.29 is 9.90 Å². The molecule has 4 heteroatoms. The molecule has 1 amide bonds. The van der Waals surface area contributed by atoms with Crippen LogP contribution in [0.3, 0.4) is 0 Å². The van der Waals surface area contributed by atoms with Gasteiger partial charge in [0.15, 0.2) is 0 Å². The first-order chi connectivity index (χ1) is 6.79. The predicted octanol–water partition coefficient (Wildman–Crippen LogP) is 1.38. The quantitative estimate of drug-likeness (QED) is 0.710. The van der Waals surface area contributed by atoms with E-state index in [2.05, 4.69) is 0 Å². The van der Waals surface area contributed by atoms with Gasteiger partial charge in [-0.15, -0.1) is 11.6 Å². The van der Waals surface area contributed by atoms with E-state index in [0.29, 0.717) is 18.3 Å². The topological polar surface area (TPSA) is 40.5 Å². The zero-order valence-electron chi connectivity index (χ0n) is 8.41. The Hall–Kier alpha value is -0.280. The minimum Gasteiger partial charge on any atom is -0.396 e. The minimum atomic E-state index is 0.167. The molecule has 0 saturated carbocycles. The SMILES string of the molecule is O=C(CCCl)N1CCCC1CCCO. The zero-order valence-corrected chi connectivity index (χ0v) is 9.17. The van der Waals surface area contributed by atoms with Gasteiger partial charge in [-0.25, -0.2) is 0 Å². The lowest BCUT2D eigenvalue weighted by Crippen LogP contribution is -2.35. The van der Waals surface area contributed by atoms with Crippen LogP contribution in [0.5, 0.6) is 0 Å². The summed E-state index contributed by atoms with van der Waals surface area (Å²) in [5, 5.41) is 8.73. The van der Waals surface area contributed by atoms with Gasteiger partial charge < -0.3 is 10.0 Å². The summed E-state index contributed by atoms with van der Waals surface area (Å²) in [5.74, 6) is 0.572. The summed E-state index contributed by atoms with van der Waals surface area (Å²) < 4.78 is 0. The maximum Gasteiger partial charge on any atom is 0.224 e. The molecule has 1 aliphatic rings.